The van der Waals surface area contributed by atoms with Crippen molar-refractivity contribution in [3.05, 3.63) is 77.4 Å². The predicted octanol–water partition coefficient (Wildman–Crippen LogP) is 4.06. The summed E-state index contributed by atoms with van der Waals surface area (Å²) in [4.78, 5) is 42.9. The molecule has 7 heteroatoms. The fourth-order valence-corrected chi connectivity index (χ4v) is 6.00. The average Bonchev–Trinajstić information content (AvgIpc) is 3.21. The monoisotopic (exact) mass is 518 g/mol. The predicted molar refractivity (Wildman–Crippen MR) is 146 cm³/mol. The van der Waals surface area contributed by atoms with Crippen LogP contribution in [0, 0.1) is 37.5 Å². The number of carbonyl (C=O) groups is 3. The number of esters is 1. The molecule has 0 unspecified atom stereocenters. The van der Waals surface area contributed by atoms with E-state index in [2.05, 4.69) is 5.32 Å². The van der Waals surface area contributed by atoms with E-state index < -0.39 is 35.8 Å². The second-order valence-corrected chi connectivity index (χ2v) is 10.4. The molecule has 1 saturated heterocycles. The summed E-state index contributed by atoms with van der Waals surface area (Å²) in [5.41, 5.74) is 3.55. The summed E-state index contributed by atoms with van der Waals surface area (Å²) in [6, 6.07) is 13.9. The van der Waals surface area contributed by atoms with E-state index in [1.54, 1.807) is 6.92 Å². The van der Waals surface area contributed by atoms with Crippen molar-refractivity contribution >= 4 is 23.5 Å². The van der Waals surface area contributed by atoms with Gasteiger partial charge in [0.25, 0.3) is 0 Å². The molecule has 2 aromatic carbocycles. The van der Waals surface area contributed by atoms with Crippen molar-refractivity contribution in [2.45, 2.75) is 52.6 Å². The smallest absolute Gasteiger partial charge is 0.310 e. The topological polar surface area (TPSA) is 95.9 Å². The van der Waals surface area contributed by atoms with Crippen LogP contribution in [-0.4, -0.2) is 53.1 Å². The number of amides is 2. The number of likely N-dealkylation sites (tertiary alicyclic amines) is 1. The lowest BCUT2D eigenvalue weighted by molar-refractivity contribution is -0.156. The van der Waals surface area contributed by atoms with Gasteiger partial charge >= 0.3 is 5.97 Å². The highest BCUT2D eigenvalue weighted by atomic mass is 16.5. The summed E-state index contributed by atoms with van der Waals surface area (Å²) in [7, 11) is 0. The van der Waals surface area contributed by atoms with Crippen molar-refractivity contribution in [1.82, 2.24) is 4.90 Å². The summed E-state index contributed by atoms with van der Waals surface area (Å²) in [5, 5.41) is 13.5. The molecule has 1 fully saturated rings. The number of benzene rings is 2. The number of aliphatic hydroxyl groups excluding tert-OH is 1. The molecule has 0 bridgehead atoms. The number of carbonyl (C=O) groups excluding carboxylic acids is 3. The van der Waals surface area contributed by atoms with Gasteiger partial charge in [0.2, 0.25) is 11.8 Å². The number of ether oxygens (including phenoxy) is 1. The third-order valence-corrected chi connectivity index (χ3v) is 7.92. The Morgan fingerprint density at radius 1 is 1.08 bits per heavy atom. The molecule has 2 aromatic rings. The van der Waals surface area contributed by atoms with Crippen molar-refractivity contribution in [1.29, 1.82) is 0 Å². The maximum absolute atomic E-state index is 14.2. The minimum absolute atomic E-state index is 0.163. The Morgan fingerprint density at radius 3 is 2.47 bits per heavy atom. The lowest BCUT2D eigenvalue weighted by Gasteiger charge is -2.34. The Kier molecular flexibility index (Phi) is 8.67. The molecule has 2 aliphatic rings. The van der Waals surface area contributed by atoms with Gasteiger partial charge in [0, 0.05) is 11.6 Å². The molecule has 202 valence electrons. The Balaban J connectivity index is 1.76. The Bertz CT molecular complexity index is 1190. The van der Waals surface area contributed by atoms with Crippen molar-refractivity contribution < 1.29 is 24.2 Å². The van der Waals surface area contributed by atoms with Gasteiger partial charge in [0.15, 0.2) is 0 Å². The first-order chi connectivity index (χ1) is 18.3. The van der Waals surface area contributed by atoms with Crippen LogP contribution in [0.3, 0.4) is 0 Å². The molecule has 4 rings (SSSR count). The lowest BCUT2D eigenvalue weighted by Crippen LogP contribution is -2.51. The van der Waals surface area contributed by atoms with Crippen molar-refractivity contribution in [2.75, 3.05) is 18.5 Å². The molecule has 38 heavy (non-hydrogen) atoms. The number of aliphatic hydroxyl groups is 1. The number of nitrogens with one attached hydrogen (secondary N) is 1. The first-order valence-corrected chi connectivity index (χ1v) is 13.5. The third kappa shape index (κ3) is 5.39. The van der Waals surface area contributed by atoms with E-state index in [1.165, 1.54) is 4.90 Å². The van der Waals surface area contributed by atoms with E-state index in [0.717, 1.165) is 16.7 Å². The van der Waals surface area contributed by atoms with Crippen LogP contribution in [0.4, 0.5) is 5.69 Å². The molecule has 7 nitrogen and oxygen atoms in total. The Labute approximate surface area is 224 Å². The maximum Gasteiger partial charge on any atom is 0.310 e. The van der Waals surface area contributed by atoms with Crippen LogP contribution in [0.5, 0.6) is 0 Å². The quantitative estimate of drug-likeness (QED) is 0.386. The largest absolute Gasteiger partial charge is 0.466 e. The van der Waals surface area contributed by atoms with Gasteiger partial charge in [-0.25, -0.2) is 0 Å². The molecule has 0 saturated carbocycles. The minimum atomic E-state index is -0.876. The summed E-state index contributed by atoms with van der Waals surface area (Å²) in [6.07, 6.45) is 4.95. The van der Waals surface area contributed by atoms with Gasteiger partial charge in [-0.2, -0.15) is 0 Å². The maximum atomic E-state index is 14.2. The zero-order valence-electron chi connectivity index (χ0n) is 22.6. The minimum Gasteiger partial charge on any atom is -0.466 e. The van der Waals surface area contributed by atoms with Crippen LogP contribution in [0.2, 0.25) is 0 Å². The van der Waals surface area contributed by atoms with Gasteiger partial charge in [-0.1, -0.05) is 61.5 Å². The molecule has 2 amide bonds. The van der Waals surface area contributed by atoms with Gasteiger partial charge in [-0.05, 0) is 62.3 Å². The number of nitrogens with zero attached hydrogens (tertiary/aromatic N) is 1. The zero-order chi connectivity index (χ0) is 27.4. The van der Waals surface area contributed by atoms with E-state index in [0.29, 0.717) is 18.5 Å². The molecule has 2 N–H and O–H groups in total. The van der Waals surface area contributed by atoms with Gasteiger partial charge < -0.3 is 20.1 Å². The Hall–Kier alpha value is -3.45. The van der Waals surface area contributed by atoms with E-state index in [1.807, 2.05) is 81.5 Å². The highest BCUT2D eigenvalue weighted by Gasteiger charge is 2.58. The molecule has 1 aliphatic heterocycles. The van der Waals surface area contributed by atoms with Gasteiger partial charge in [-0.3, -0.25) is 14.4 Å². The normalized spacial score (nSPS) is 25.1. The van der Waals surface area contributed by atoms with Crippen molar-refractivity contribution in [3.8, 4) is 0 Å². The van der Waals surface area contributed by atoms with Crippen LogP contribution in [0.1, 0.15) is 37.0 Å². The number of rotatable bonds is 9. The fourth-order valence-electron chi connectivity index (χ4n) is 6.00. The van der Waals surface area contributed by atoms with Gasteiger partial charge in [-0.15, -0.1) is 0 Å². The number of anilines is 1. The highest BCUT2D eigenvalue weighted by molar-refractivity contribution is 6.02. The Morgan fingerprint density at radius 2 is 1.82 bits per heavy atom. The molecule has 1 aliphatic carbocycles. The van der Waals surface area contributed by atoms with E-state index in [4.69, 9.17) is 4.74 Å². The fraction of sp³-hybridized carbons (Fsp3) is 0.452. The second kappa shape index (κ2) is 11.9. The summed E-state index contributed by atoms with van der Waals surface area (Å²) >= 11 is 0. The van der Waals surface area contributed by atoms with Gasteiger partial charge in [0.05, 0.1) is 31.1 Å². The molecule has 1 heterocycles. The summed E-state index contributed by atoms with van der Waals surface area (Å²) < 4.78 is 5.41. The van der Waals surface area contributed by atoms with Crippen LogP contribution < -0.4 is 5.32 Å². The standard InChI is InChI=1S/C31H38N2O5/c1-5-22-14-15-24-27(26(22)31(37)38-6-2)30(36)33(23(18-34)17-21-10-8-7-9-11-21)28(24)29(35)32-25-16-19(3)12-13-20(25)4/h7-16,22-24,26-28,34H,5-6,17-18H2,1-4H3,(H,32,35)/t22-,23-,24+,26-,27-,28+/m1/s1. The molecule has 0 spiro atoms. The first-order valence-electron chi connectivity index (χ1n) is 13.5. The molecule has 6 atom stereocenters. The van der Waals surface area contributed by atoms with Gasteiger partial charge in [0.1, 0.15) is 6.04 Å². The third-order valence-electron chi connectivity index (χ3n) is 7.92. The van der Waals surface area contributed by atoms with Crippen LogP contribution in [-0.2, 0) is 25.5 Å². The first kappa shape index (κ1) is 27.6. The molecular weight excluding hydrogens is 480 g/mol. The highest BCUT2D eigenvalue weighted by Crippen LogP contribution is 2.46. The molecule has 0 aromatic heterocycles. The average molecular weight is 519 g/mol. The van der Waals surface area contributed by atoms with Crippen LogP contribution in [0.15, 0.2) is 60.7 Å². The van der Waals surface area contributed by atoms with E-state index >= 15 is 0 Å². The zero-order valence-corrected chi connectivity index (χ0v) is 22.6. The number of allylic oxidation sites excluding steroid dienone is 1. The van der Waals surface area contributed by atoms with Crippen molar-refractivity contribution in [2.24, 2.45) is 23.7 Å². The number of hydrogen-bond donors (Lipinski definition) is 2. The number of aryl methyl sites for hydroxylation is 2. The lowest BCUT2D eigenvalue weighted by atomic mass is 9.69. The van der Waals surface area contributed by atoms with E-state index in [-0.39, 0.29) is 30.9 Å². The second-order valence-electron chi connectivity index (χ2n) is 10.4. The summed E-state index contributed by atoms with van der Waals surface area (Å²) in [5.74, 6) is -3.12. The van der Waals surface area contributed by atoms with Crippen molar-refractivity contribution in [3.63, 3.8) is 0 Å². The molecule has 0 radical (unpaired) electrons. The number of hydrogen-bond acceptors (Lipinski definition) is 5. The van der Waals surface area contributed by atoms with Crippen LogP contribution >= 0.6 is 0 Å². The van der Waals surface area contributed by atoms with E-state index in [9.17, 15) is 19.5 Å². The molecular formula is C31H38N2O5. The summed E-state index contributed by atoms with van der Waals surface area (Å²) in [6.45, 7) is 7.52. The number of fused-ring (bicyclic) bond motifs is 1. The SMILES string of the molecule is CCOC(=O)[C@H]1[C@@H]2C(=O)N([C@@H](CO)Cc3ccccc3)[C@H](C(=O)Nc3cc(C)ccc3C)[C@H]2C=C[C@H]1CC. The van der Waals surface area contributed by atoms with Crippen LogP contribution in [0.25, 0.3) is 0 Å².